The van der Waals surface area contributed by atoms with Crippen LogP contribution in [0.15, 0.2) is 42.1 Å². The van der Waals surface area contributed by atoms with Crippen molar-refractivity contribution in [3.8, 4) is 0 Å². The molecule has 0 spiro atoms. The lowest BCUT2D eigenvalue weighted by Crippen LogP contribution is -2.34. The molecule has 0 aliphatic heterocycles. The van der Waals surface area contributed by atoms with Crippen LogP contribution in [-0.4, -0.2) is 29.7 Å². The summed E-state index contributed by atoms with van der Waals surface area (Å²) in [7, 11) is 1.14. The van der Waals surface area contributed by atoms with Crippen molar-refractivity contribution in [2.75, 3.05) is 7.11 Å². The number of nitrogens with one attached hydrogen (secondary N) is 1. The number of hydrogen-bond acceptors (Lipinski definition) is 6. The molecule has 0 bridgehead atoms. The van der Waals surface area contributed by atoms with Gasteiger partial charge in [-0.2, -0.15) is 0 Å². The fraction of sp³-hybridized carbons (Fsp3) is 0.263. The van der Waals surface area contributed by atoms with E-state index in [0.29, 0.717) is 10.8 Å². The molecule has 2 rings (SSSR count). The van der Waals surface area contributed by atoms with E-state index in [1.54, 1.807) is 51.1 Å². The number of rotatable bonds is 4. The lowest BCUT2D eigenvalue weighted by molar-refractivity contribution is -0.383. The highest BCUT2D eigenvalue weighted by atomic mass is 16.6. The van der Waals surface area contributed by atoms with Crippen molar-refractivity contribution in [1.29, 1.82) is 0 Å². The maximum atomic E-state index is 12.0. The van der Waals surface area contributed by atoms with Gasteiger partial charge in [0.25, 0.3) is 5.69 Å². The van der Waals surface area contributed by atoms with Crippen LogP contribution >= 0.6 is 0 Å². The molecule has 0 fully saturated rings. The van der Waals surface area contributed by atoms with Gasteiger partial charge in [0.05, 0.1) is 23.0 Å². The molecule has 0 saturated heterocycles. The van der Waals surface area contributed by atoms with Crippen LogP contribution in [0.3, 0.4) is 0 Å². The number of fused-ring (bicyclic) bond motifs is 1. The summed E-state index contributed by atoms with van der Waals surface area (Å²) >= 11 is 0. The van der Waals surface area contributed by atoms with Gasteiger partial charge in [-0.1, -0.05) is 24.3 Å². The number of carbonyl (C=O) groups excluding carboxylic acids is 2. The second kappa shape index (κ2) is 7.86. The van der Waals surface area contributed by atoms with Crippen LogP contribution in [0.4, 0.5) is 10.5 Å². The molecule has 0 saturated carbocycles. The fourth-order valence-electron chi connectivity index (χ4n) is 2.42. The summed E-state index contributed by atoms with van der Waals surface area (Å²) in [6.07, 6.45) is 0.322. The first kappa shape index (κ1) is 19.9. The van der Waals surface area contributed by atoms with Crippen LogP contribution in [0.2, 0.25) is 0 Å². The van der Waals surface area contributed by atoms with Crippen molar-refractivity contribution in [2.24, 2.45) is 0 Å². The summed E-state index contributed by atoms with van der Waals surface area (Å²) in [5, 5.41) is 15.0. The van der Waals surface area contributed by atoms with Gasteiger partial charge in [-0.15, -0.1) is 0 Å². The van der Waals surface area contributed by atoms with E-state index in [0.717, 1.165) is 7.11 Å². The lowest BCUT2D eigenvalue weighted by atomic mass is 10.0. The number of amides is 1. The maximum absolute atomic E-state index is 12.0. The van der Waals surface area contributed by atoms with E-state index >= 15 is 0 Å². The predicted octanol–water partition coefficient (Wildman–Crippen LogP) is 3.79. The van der Waals surface area contributed by atoms with Gasteiger partial charge < -0.3 is 9.47 Å². The minimum absolute atomic E-state index is 0.148. The first-order valence-corrected chi connectivity index (χ1v) is 8.08. The standard InChI is InChI=1S/C19H20N2O6/c1-19(2,3)27-18(23)20-15(17(22)26-4)11-13-10-9-12-7-5-6-8-14(12)16(13)21(24)25/h5-11H,1-4H3,(H,20,23)/b15-11+. The molecule has 8 nitrogen and oxygen atoms in total. The smallest absolute Gasteiger partial charge is 0.412 e. The average Bonchev–Trinajstić information content (AvgIpc) is 2.58. The molecular formula is C19H20N2O6. The van der Waals surface area contributed by atoms with Crippen molar-refractivity contribution in [3.63, 3.8) is 0 Å². The molecule has 0 heterocycles. The number of nitrogens with zero attached hydrogens (tertiary/aromatic N) is 1. The van der Waals surface area contributed by atoms with Gasteiger partial charge in [0.1, 0.15) is 11.3 Å². The second-order valence-corrected chi connectivity index (χ2v) is 6.66. The van der Waals surface area contributed by atoms with E-state index in [1.807, 2.05) is 0 Å². The summed E-state index contributed by atoms with van der Waals surface area (Å²) in [6.45, 7) is 5.01. The highest BCUT2D eigenvalue weighted by Gasteiger charge is 2.23. The quantitative estimate of drug-likeness (QED) is 0.379. The Kier molecular flexibility index (Phi) is 5.79. The predicted molar refractivity (Wildman–Crippen MR) is 100.0 cm³/mol. The first-order chi connectivity index (χ1) is 12.6. The van der Waals surface area contributed by atoms with Crippen molar-refractivity contribution in [1.82, 2.24) is 5.32 Å². The van der Waals surface area contributed by atoms with Crippen LogP contribution < -0.4 is 5.32 Å². The number of alkyl carbamates (subject to hydrolysis) is 1. The topological polar surface area (TPSA) is 108 Å². The van der Waals surface area contributed by atoms with E-state index in [2.05, 4.69) is 10.1 Å². The van der Waals surface area contributed by atoms with Gasteiger partial charge in [0, 0.05) is 0 Å². The Labute approximate surface area is 155 Å². The molecule has 27 heavy (non-hydrogen) atoms. The van der Waals surface area contributed by atoms with Gasteiger partial charge in [0.2, 0.25) is 0 Å². The number of ether oxygens (including phenoxy) is 2. The highest BCUT2D eigenvalue weighted by molar-refractivity contribution is 6.00. The molecule has 2 aromatic rings. The van der Waals surface area contributed by atoms with Crippen LogP contribution in [0.5, 0.6) is 0 Å². The van der Waals surface area contributed by atoms with Crippen LogP contribution in [0, 0.1) is 10.1 Å². The minimum atomic E-state index is -0.873. The van der Waals surface area contributed by atoms with Crippen molar-refractivity contribution in [2.45, 2.75) is 26.4 Å². The normalized spacial score (nSPS) is 11.8. The summed E-state index contributed by atoms with van der Waals surface area (Å²) in [4.78, 5) is 35.1. The third-order valence-corrected chi connectivity index (χ3v) is 3.46. The highest BCUT2D eigenvalue weighted by Crippen LogP contribution is 2.31. The summed E-state index contributed by atoms with van der Waals surface area (Å²) in [5.41, 5.74) is -1.08. The van der Waals surface area contributed by atoms with Crippen LogP contribution in [-0.2, 0) is 14.3 Å². The van der Waals surface area contributed by atoms with Gasteiger partial charge in [-0.25, -0.2) is 9.59 Å². The summed E-state index contributed by atoms with van der Waals surface area (Å²) in [6, 6.07) is 10.0. The molecule has 142 valence electrons. The molecule has 1 amide bonds. The minimum Gasteiger partial charge on any atom is -0.464 e. The Bertz CT molecular complexity index is 927. The van der Waals surface area contributed by atoms with Gasteiger partial charge in [-0.05, 0) is 44.4 Å². The van der Waals surface area contributed by atoms with E-state index < -0.39 is 22.6 Å². The van der Waals surface area contributed by atoms with E-state index in [-0.39, 0.29) is 16.9 Å². The lowest BCUT2D eigenvalue weighted by Gasteiger charge is -2.20. The van der Waals surface area contributed by atoms with Gasteiger partial charge in [0.15, 0.2) is 0 Å². The Balaban J connectivity index is 2.53. The molecule has 1 N–H and O–H groups in total. The molecule has 0 aliphatic carbocycles. The molecule has 2 aromatic carbocycles. The van der Waals surface area contributed by atoms with E-state index in [1.165, 1.54) is 12.1 Å². The Morgan fingerprint density at radius 1 is 1.15 bits per heavy atom. The Morgan fingerprint density at radius 2 is 1.81 bits per heavy atom. The number of carbonyl (C=O) groups is 2. The van der Waals surface area contributed by atoms with Crippen molar-refractivity contribution < 1.29 is 24.0 Å². The van der Waals surface area contributed by atoms with E-state index in [4.69, 9.17) is 4.74 Å². The monoisotopic (exact) mass is 372 g/mol. The third-order valence-electron chi connectivity index (χ3n) is 3.46. The van der Waals surface area contributed by atoms with Crippen LogP contribution in [0.1, 0.15) is 26.3 Å². The first-order valence-electron chi connectivity index (χ1n) is 8.08. The largest absolute Gasteiger partial charge is 0.464 e. The van der Waals surface area contributed by atoms with Gasteiger partial charge in [-0.3, -0.25) is 15.4 Å². The number of benzene rings is 2. The van der Waals surface area contributed by atoms with Crippen molar-refractivity contribution >= 4 is 34.6 Å². The Hall–Kier alpha value is -3.42. The molecule has 0 aliphatic rings. The molecular weight excluding hydrogens is 352 g/mol. The second-order valence-electron chi connectivity index (χ2n) is 6.66. The van der Waals surface area contributed by atoms with Crippen molar-refractivity contribution in [3.05, 3.63) is 57.8 Å². The molecule has 0 aromatic heterocycles. The number of nitro benzene ring substituents is 1. The van der Waals surface area contributed by atoms with Crippen LogP contribution in [0.25, 0.3) is 16.8 Å². The summed E-state index contributed by atoms with van der Waals surface area (Å²) < 4.78 is 9.77. The molecule has 8 heteroatoms. The SMILES string of the molecule is COC(=O)/C(=C\c1ccc2ccccc2c1[N+](=O)[O-])NC(=O)OC(C)(C)C. The zero-order valence-corrected chi connectivity index (χ0v) is 15.4. The Morgan fingerprint density at radius 3 is 2.41 bits per heavy atom. The number of hydrogen-bond donors (Lipinski definition) is 1. The number of esters is 1. The van der Waals surface area contributed by atoms with E-state index in [9.17, 15) is 19.7 Å². The maximum Gasteiger partial charge on any atom is 0.412 e. The zero-order valence-electron chi connectivity index (χ0n) is 15.4. The average molecular weight is 372 g/mol. The van der Waals surface area contributed by atoms with Gasteiger partial charge >= 0.3 is 12.1 Å². The number of nitro groups is 1. The summed E-state index contributed by atoms with van der Waals surface area (Å²) in [5.74, 6) is -0.858. The third kappa shape index (κ3) is 5.04. The zero-order chi connectivity index (χ0) is 20.2. The fourth-order valence-corrected chi connectivity index (χ4v) is 2.42. The molecule has 0 unspecified atom stereocenters. The molecule has 0 atom stereocenters. The number of methoxy groups -OCH3 is 1. The molecule has 0 radical (unpaired) electrons.